The van der Waals surface area contributed by atoms with Crippen LogP contribution in [0.2, 0.25) is 0 Å². The van der Waals surface area contributed by atoms with Gasteiger partial charge in [0.15, 0.2) is 0 Å². The van der Waals surface area contributed by atoms with Gasteiger partial charge in [-0.25, -0.2) is 14.0 Å². The van der Waals surface area contributed by atoms with Gasteiger partial charge in [-0.1, -0.05) is 42.5 Å². The predicted molar refractivity (Wildman–Crippen MR) is 104 cm³/mol. The van der Waals surface area contributed by atoms with E-state index in [9.17, 15) is 14.0 Å². The van der Waals surface area contributed by atoms with Gasteiger partial charge >= 0.3 is 0 Å². The predicted octanol–water partition coefficient (Wildman–Crippen LogP) is 3.22. The van der Waals surface area contributed by atoms with E-state index in [4.69, 9.17) is 0 Å². The molecule has 0 spiro atoms. The normalized spacial score (nSPS) is 21.2. The van der Waals surface area contributed by atoms with Crippen LogP contribution in [-0.4, -0.2) is 26.6 Å². The molecule has 2 amide bonds. The molecular formula is C21H18FN5O2. The van der Waals surface area contributed by atoms with Gasteiger partial charge in [0, 0.05) is 12.8 Å². The smallest absolute Gasteiger partial charge is 0.260 e. The Labute approximate surface area is 166 Å². The number of imide groups is 1. The molecule has 1 saturated heterocycles. The summed E-state index contributed by atoms with van der Waals surface area (Å²) in [5.41, 5.74) is 1.97. The maximum absolute atomic E-state index is 13.5. The van der Waals surface area contributed by atoms with E-state index in [1.165, 1.54) is 12.1 Å². The summed E-state index contributed by atoms with van der Waals surface area (Å²) in [5, 5.41) is 7.84. The highest BCUT2D eigenvalue weighted by atomic mass is 19.1. The van der Waals surface area contributed by atoms with Gasteiger partial charge in [-0.2, -0.15) is 4.98 Å². The molecule has 2 atom stereocenters. The fourth-order valence-electron chi connectivity index (χ4n) is 3.93. The molecule has 0 radical (unpaired) electrons. The minimum atomic E-state index is -0.310. The van der Waals surface area contributed by atoms with Crippen LogP contribution in [0.1, 0.15) is 42.5 Å². The van der Waals surface area contributed by atoms with Crippen LogP contribution in [-0.2, 0) is 9.59 Å². The van der Waals surface area contributed by atoms with Gasteiger partial charge in [-0.15, -0.1) is 5.10 Å². The lowest BCUT2D eigenvalue weighted by Gasteiger charge is -2.31. The van der Waals surface area contributed by atoms with Gasteiger partial charge < -0.3 is 5.32 Å². The number of aromatic nitrogens is 3. The van der Waals surface area contributed by atoms with E-state index in [2.05, 4.69) is 15.4 Å². The second-order valence-electron chi connectivity index (χ2n) is 7.21. The first-order valence-electron chi connectivity index (χ1n) is 9.49. The molecule has 1 fully saturated rings. The molecule has 8 heteroatoms. The third-order valence-electron chi connectivity index (χ3n) is 5.39. The molecule has 0 saturated carbocycles. The number of rotatable bonds is 3. The van der Waals surface area contributed by atoms with E-state index in [1.54, 1.807) is 16.8 Å². The largest absolute Gasteiger partial charge is 0.347 e. The first-order chi connectivity index (χ1) is 14.1. The van der Waals surface area contributed by atoms with Crippen molar-refractivity contribution in [2.75, 3.05) is 10.2 Å². The summed E-state index contributed by atoms with van der Waals surface area (Å²) in [6, 6.07) is 16.0. The van der Waals surface area contributed by atoms with Crippen LogP contribution in [0.15, 0.2) is 54.6 Å². The van der Waals surface area contributed by atoms with E-state index in [-0.39, 0.29) is 48.5 Å². The monoisotopic (exact) mass is 391 g/mol. The standard InChI is InChI=1S/C21H18FN5O2/c22-15-8-6-14(7-9-15)17-12-16(13-4-2-1-3-5-13)23-20-24-21(25-27(17)20)26-18(28)10-11-19(26)29/h1-9,16-17H,10-12H2,(H,23,24,25)/t16-,17+/m0/s1. The Morgan fingerprint density at radius 3 is 2.31 bits per heavy atom. The number of anilines is 2. The van der Waals surface area contributed by atoms with Crippen LogP contribution >= 0.6 is 0 Å². The Kier molecular flexibility index (Phi) is 4.12. The third kappa shape index (κ3) is 3.06. The third-order valence-corrected chi connectivity index (χ3v) is 5.39. The van der Waals surface area contributed by atoms with Crippen LogP contribution in [0.25, 0.3) is 0 Å². The maximum Gasteiger partial charge on any atom is 0.260 e. The second-order valence-corrected chi connectivity index (χ2v) is 7.21. The Morgan fingerprint density at radius 1 is 0.931 bits per heavy atom. The second kappa shape index (κ2) is 6.80. The van der Waals surface area contributed by atoms with Crippen molar-refractivity contribution >= 4 is 23.7 Å². The van der Waals surface area contributed by atoms with E-state index in [1.807, 2.05) is 30.3 Å². The number of benzene rings is 2. The quantitative estimate of drug-likeness (QED) is 0.694. The van der Waals surface area contributed by atoms with E-state index < -0.39 is 0 Å². The topological polar surface area (TPSA) is 80.1 Å². The Balaban J connectivity index is 1.58. The van der Waals surface area contributed by atoms with Crippen molar-refractivity contribution in [2.24, 2.45) is 0 Å². The molecule has 2 aromatic carbocycles. The average molecular weight is 391 g/mol. The van der Waals surface area contributed by atoms with Gasteiger partial charge in [0.1, 0.15) is 5.82 Å². The van der Waals surface area contributed by atoms with E-state index in [0.29, 0.717) is 12.4 Å². The van der Waals surface area contributed by atoms with Crippen molar-refractivity contribution in [1.82, 2.24) is 14.8 Å². The summed E-state index contributed by atoms with van der Waals surface area (Å²) in [4.78, 5) is 29.8. The SMILES string of the molecule is O=C1CCC(=O)N1c1nc2n(n1)[C@@H](c1ccc(F)cc1)C[C@@H](c1ccccc1)N2. The summed E-state index contributed by atoms with van der Waals surface area (Å²) in [6.07, 6.45) is 1.00. The van der Waals surface area contributed by atoms with Crippen molar-refractivity contribution in [3.8, 4) is 0 Å². The van der Waals surface area contributed by atoms with Gasteiger partial charge in [0.05, 0.1) is 12.1 Å². The van der Waals surface area contributed by atoms with E-state index >= 15 is 0 Å². The fraction of sp³-hybridized carbons (Fsp3) is 0.238. The molecule has 29 heavy (non-hydrogen) atoms. The maximum atomic E-state index is 13.5. The zero-order valence-electron chi connectivity index (χ0n) is 15.5. The number of hydrogen-bond donors (Lipinski definition) is 1. The Bertz CT molecular complexity index is 1060. The van der Waals surface area contributed by atoms with Crippen LogP contribution in [0, 0.1) is 5.82 Å². The van der Waals surface area contributed by atoms with Crippen LogP contribution < -0.4 is 10.2 Å². The lowest BCUT2D eigenvalue weighted by molar-refractivity contribution is -0.121. The highest BCUT2D eigenvalue weighted by Crippen LogP contribution is 2.39. The molecule has 2 aliphatic heterocycles. The fourth-order valence-corrected chi connectivity index (χ4v) is 3.93. The molecule has 3 aromatic rings. The van der Waals surface area contributed by atoms with Crippen molar-refractivity contribution in [2.45, 2.75) is 31.3 Å². The van der Waals surface area contributed by atoms with Crippen LogP contribution in [0.5, 0.6) is 0 Å². The van der Waals surface area contributed by atoms with Gasteiger partial charge in [-0.05, 0) is 29.7 Å². The molecular weight excluding hydrogens is 373 g/mol. The molecule has 0 aliphatic carbocycles. The summed E-state index contributed by atoms with van der Waals surface area (Å²) in [6.45, 7) is 0. The lowest BCUT2D eigenvalue weighted by Crippen LogP contribution is -2.30. The first-order valence-corrected chi connectivity index (χ1v) is 9.49. The first kappa shape index (κ1) is 17.5. The average Bonchev–Trinajstić information content (AvgIpc) is 3.30. The number of fused-ring (bicyclic) bond motifs is 1. The summed E-state index contributed by atoms with van der Waals surface area (Å²) < 4.78 is 15.1. The zero-order valence-corrected chi connectivity index (χ0v) is 15.5. The molecule has 2 aliphatic rings. The number of carbonyl (C=O) groups is 2. The Morgan fingerprint density at radius 2 is 1.62 bits per heavy atom. The lowest BCUT2D eigenvalue weighted by atomic mass is 9.93. The van der Waals surface area contributed by atoms with Gasteiger partial charge in [-0.3, -0.25) is 9.59 Å². The summed E-state index contributed by atoms with van der Waals surface area (Å²) in [5.74, 6) is -0.343. The highest BCUT2D eigenvalue weighted by Gasteiger charge is 2.37. The van der Waals surface area contributed by atoms with Crippen molar-refractivity contribution in [3.63, 3.8) is 0 Å². The van der Waals surface area contributed by atoms with Crippen LogP contribution in [0.3, 0.4) is 0 Å². The molecule has 146 valence electrons. The van der Waals surface area contributed by atoms with Crippen LogP contribution in [0.4, 0.5) is 16.3 Å². The number of nitrogens with one attached hydrogen (secondary N) is 1. The molecule has 7 nitrogen and oxygen atoms in total. The zero-order chi connectivity index (χ0) is 20.0. The number of nitrogens with zero attached hydrogens (tertiary/aromatic N) is 4. The molecule has 3 heterocycles. The highest BCUT2D eigenvalue weighted by molar-refractivity contribution is 6.18. The summed E-state index contributed by atoms with van der Waals surface area (Å²) >= 11 is 0. The molecule has 1 N–H and O–H groups in total. The van der Waals surface area contributed by atoms with Gasteiger partial charge in [0.2, 0.25) is 17.8 Å². The van der Waals surface area contributed by atoms with Crippen molar-refractivity contribution in [1.29, 1.82) is 0 Å². The molecule has 5 rings (SSSR count). The molecule has 0 bridgehead atoms. The number of carbonyl (C=O) groups excluding carboxylic acids is 2. The van der Waals surface area contributed by atoms with E-state index in [0.717, 1.165) is 16.0 Å². The number of halogens is 1. The van der Waals surface area contributed by atoms with Crippen molar-refractivity contribution < 1.29 is 14.0 Å². The minimum absolute atomic E-state index is 0.0409. The minimum Gasteiger partial charge on any atom is -0.347 e. The Hall–Kier alpha value is -3.55. The van der Waals surface area contributed by atoms with Crippen molar-refractivity contribution in [3.05, 3.63) is 71.5 Å². The summed E-state index contributed by atoms with van der Waals surface area (Å²) in [7, 11) is 0. The number of amides is 2. The van der Waals surface area contributed by atoms with Gasteiger partial charge in [0.25, 0.3) is 5.95 Å². The molecule has 0 unspecified atom stereocenters. The number of hydrogen-bond acceptors (Lipinski definition) is 5. The molecule has 1 aromatic heterocycles.